The Bertz CT molecular complexity index is 457. The molecule has 0 saturated heterocycles. The van der Waals surface area contributed by atoms with Gasteiger partial charge in [0, 0.05) is 5.92 Å². The minimum atomic E-state index is -2.98. The van der Waals surface area contributed by atoms with Crippen LogP contribution in [0.1, 0.15) is 97.3 Å². The highest BCUT2D eigenvalue weighted by Gasteiger charge is 2.43. The molecule has 0 spiro atoms. The summed E-state index contributed by atoms with van der Waals surface area (Å²) in [5.74, 6) is 2.81. The molecule has 0 radical (unpaired) electrons. The molecule has 3 rings (SSSR count). The molecule has 1 atom stereocenters. The zero-order valence-electron chi connectivity index (χ0n) is 16.8. The summed E-state index contributed by atoms with van der Waals surface area (Å²) in [5.41, 5.74) is 0. The van der Waals surface area contributed by atoms with Gasteiger partial charge >= 0.3 is 6.11 Å². The maximum atomic E-state index is 13.9. The van der Waals surface area contributed by atoms with Crippen molar-refractivity contribution in [2.24, 2.45) is 29.6 Å². The van der Waals surface area contributed by atoms with Gasteiger partial charge in [-0.2, -0.15) is 8.78 Å². The van der Waals surface area contributed by atoms with Crippen LogP contribution in [0.3, 0.4) is 0 Å². The van der Waals surface area contributed by atoms with Crippen LogP contribution in [0.25, 0.3) is 0 Å². The summed E-state index contributed by atoms with van der Waals surface area (Å²) < 4.78 is 32.8. The van der Waals surface area contributed by atoms with Crippen molar-refractivity contribution in [1.29, 1.82) is 0 Å². The first kappa shape index (κ1) is 20.1. The minimum absolute atomic E-state index is 0.231. The lowest BCUT2D eigenvalue weighted by Gasteiger charge is -2.39. The van der Waals surface area contributed by atoms with Crippen LogP contribution in [-0.2, 0) is 4.74 Å². The Hall–Kier alpha value is -0.600. The van der Waals surface area contributed by atoms with E-state index < -0.39 is 12.0 Å². The fourth-order valence-corrected chi connectivity index (χ4v) is 5.49. The molecular weight excluding hydrogens is 330 g/mol. The van der Waals surface area contributed by atoms with Crippen molar-refractivity contribution in [2.45, 2.75) is 103 Å². The van der Waals surface area contributed by atoms with E-state index in [1.807, 2.05) is 6.08 Å². The maximum Gasteiger partial charge on any atom is 0.400 e. The molecule has 0 aromatic carbocycles. The highest BCUT2D eigenvalue weighted by atomic mass is 19.3. The molecule has 2 fully saturated rings. The first-order valence-corrected chi connectivity index (χ1v) is 11.3. The SMILES string of the molecule is CCCCC[C@H]1CC[C@H](C2CCC(C3=CCC(C)C(F)(F)O3)CC2)CC1. The lowest BCUT2D eigenvalue weighted by atomic mass is 9.68. The summed E-state index contributed by atoms with van der Waals surface area (Å²) in [7, 11) is 0. The molecule has 0 bridgehead atoms. The standard InChI is InChI=1S/C23H38F2O/c1-3-4-5-6-18-8-10-19(11-9-18)20-12-14-21(15-13-20)22-16-7-17(2)23(24,25)26-22/h16-21H,3-15H2,1-2H3/t17?,18-,19-,20?,21?. The van der Waals surface area contributed by atoms with E-state index in [0.717, 1.165) is 30.6 Å². The molecule has 1 nitrogen and oxygen atoms in total. The fourth-order valence-electron chi connectivity index (χ4n) is 5.49. The number of halogens is 2. The van der Waals surface area contributed by atoms with Crippen LogP contribution >= 0.6 is 0 Å². The van der Waals surface area contributed by atoms with E-state index in [1.54, 1.807) is 6.92 Å². The largest absolute Gasteiger partial charge is 0.437 e. The van der Waals surface area contributed by atoms with Gasteiger partial charge in [-0.3, -0.25) is 0 Å². The predicted molar refractivity (Wildman–Crippen MR) is 103 cm³/mol. The molecule has 1 aliphatic heterocycles. The second-order valence-corrected chi connectivity index (χ2v) is 9.30. The predicted octanol–water partition coefficient (Wildman–Crippen LogP) is 7.71. The third kappa shape index (κ3) is 5.01. The normalized spacial score (nSPS) is 37.7. The second-order valence-electron chi connectivity index (χ2n) is 9.30. The Morgan fingerprint density at radius 2 is 1.58 bits per heavy atom. The van der Waals surface area contributed by atoms with Gasteiger partial charge in [-0.25, -0.2) is 0 Å². The van der Waals surface area contributed by atoms with Gasteiger partial charge in [0.25, 0.3) is 0 Å². The van der Waals surface area contributed by atoms with Crippen LogP contribution in [0.4, 0.5) is 8.78 Å². The molecule has 3 heteroatoms. The lowest BCUT2D eigenvalue weighted by molar-refractivity contribution is -0.257. The molecule has 0 aromatic rings. The van der Waals surface area contributed by atoms with Gasteiger partial charge in [0.05, 0.1) is 5.92 Å². The Kier molecular flexibility index (Phi) is 7.02. The van der Waals surface area contributed by atoms with Crippen molar-refractivity contribution in [3.05, 3.63) is 11.8 Å². The number of ether oxygens (including phenoxy) is 1. The van der Waals surface area contributed by atoms with E-state index >= 15 is 0 Å². The number of hydrogen-bond donors (Lipinski definition) is 0. The van der Waals surface area contributed by atoms with Crippen molar-refractivity contribution in [3.63, 3.8) is 0 Å². The molecule has 1 heterocycles. The van der Waals surface area contributed by atoms with Crippen molar-refractivity contribution >= 4 is 0 Å². The summed E-state index contributed by atoms with van der Waals surface area (Å²) in [4.78, 5) is 0. The average molecular weight is 369 g/mol. The summed E-state index contributed by atoms with van der Waals surface area (Å²) in [6.07, 6.45) is 15.1. The number of hydrogen-bond acceptors (Lipinski definition) is 1. The molecule has 1 unspecified atom stereocenters. The quantitative estimate of drug-likeness (QED) is 0.436. The Morgan fingerprint density at radius 3 is 2.15 bits per heavy atom. The van der Waals surface area contributed by atoms with E-state index in [9.17, 15) is 8.78 Å². The van der Waals surface area contributed by atoms with Crippen LogP contribution < -0.4 is 0 Å². The molecule has 0 N–H and O–H groups in total. The molecule has 2 saturated carbocycles. The monoisotopic (exact) mass is 368 g/mol. The summed E-state index contributed by atoms with van der Waals surface area (Å²) in [6, 6.07) is 0. The summed E-state index contributed by atoms with van der Waals surface area (Å²) >= 11 is 0. The lowest BCUT2D eigenvalue weighted by Crippen LogP contribution is -2.35. The number of rotatable bonds is 6. The van der Waals surface area contributed by atoms with Crippen molar-refractivity contribution in [3.8, 4) is 0 Å². The van der Waals surface area contributed by atoms with Gasteiger partial charge in [-0.1, -0.05) is 52.4 Å². The van der Waals surface area contributed by atoms with Crippen molar-refractivity contribution in [2.75, 3.05) is 0 Å². The summed E-state index contributed by atoms with van der Waals surface area (Å²) in [6.45, 7) is 3.85. The van der Waals surface area contributed by atoms with Gasteiger partial charge in [-0.05, 0) is 68.8 Å². The van der Waals surface area contributed by atoms with Crippen LogP contribution in [0, 0.1) is 29.6 Å². The van der Waals surface area contributed by atoms with E-state index in [0.29, 0.717) is 12.2 Å². The van der Waals surface area contributed by atoms with Crippen LogP contribution in [-0.4, -0.2) is 6.11 Å². The summed E-state index contributed by atoms with van der Waals surface area (Å²) in [5, 5.41) is 0. The van der Waals surface area contributed by atoms with Gasteiger partial charge in [0.1, 0.15) is 5.76 Å². The highest BCUT2D eigenvalue weighted by molar-refractivity contribution is 5.06. The Morgan fingerprint density at radius 1 is 0.962 bits per heavy atom. The first-order chi connectivity index (χ1) is 12.5. The Labute approximate surface area is 159 Å². The molecule has 26 heavy (non-hydrogen) atoms. The van der Waals surface area contributed by atoms with Crippen LogP contribution in [0.5, 0.6) is 0 Å². The van der Waals surface area contributed by atoms with E-state index in [2.05, 4.69) is 6.92 Å². The topological polar surface area (TPSA) is 9.23 Å². The van der Waals surface area contributed by atoms with Gasteiger partial charge < -0.3 is 4.74 Å². The van der Waals surface area contributed by atoms with E-state index in [-0.39, 0.29) is 5.92 Å². The Balaban J connectivity index is 1.41. The zero-order valence-corrected chi connectivity index (χ0v) is 16.8. The van der Waals surface area contributed by atoms with Crippen molar-refractivity contribution in [1.82, 2.24) is 0 Å². The van der Waals surface area contributed by atoms with E-state index in [4.69, 9.17) is 4.74 Å². The third-order valence-electron chi connectivity index (χ3n) is 7.45. The average Bonchev–Trinajstić information content (AvgIpc) is 2.65. The first-order valence-electron chi connectivity index (χ1n) is 11.3. The molecule has 3 aliphatic rings. The zero-order chi connectivity index (χ0) is 18.6. The molecular formula is C23H38F2O. The number of allylic oxidation sites excluding steroid dienone is 2. The molecule has 0 aromatic heterocycles. The van der Waals surface area contributed by atoms with E-state index in [1.165, 1.54) is 64.2 Å². The number of alkyl halides is 2. The second kappa shape index (κ2) is 9.06. The van der Waals surface area contributed by atoms with Crippen molar-refractivity contribution < 1.29 is 13.5 Å². The van der Waals surface area contributed by atoms with Crippen LogP contribution in [0.15, 0.2) is 11.8 Å². The van der Waals surface area contributed by atoms with Gasteiger partial charge in [0.2, 0.25) is 0 Å². The highest BCUT2D eigenvalue weighted by Crippen LogP contribution is 2.46. The van der Waals surface area contributed by atoms with Gasteiger partial charge in [-0.15, -0.1) is 0 Å². The number of unbranched alkanes of at least 4 members (excludes halogenated alkanes) is 2. The third-order valence-corrected chi connectivity index (χ3v) is 7.45. The van der Waals surface area contributed by atoms with Gasteiger partial charge in [0.15, 0.2) is 0 Å². The molecule has 150 valence electrons. The fraction of sp³-hybridized carbons (Fsp3) is 0.913. The molecule has 0 amide bonds. The smallest absolute Gasteiger partial charge is 0.400 e. The minimum Gasteiger partial charge on any atom is -0.437 e. The maximum absolute atomic E-state index is 13.9. The molecule has 2 aliphatic carbocycles. The van der Waals surface area contributed by atoms with Crippen LogP contribution in [0.2, 0.25) is 0 Å².